The SMILES string of the molecule is CCCCCCCOc1ccc(-c2ccc(C3C(C)CCCC3(C#N)C(=O)O)cc2)cc1. The molecular formula is C28H35NO3. The highest BCUT2D eigenvalue weighted by atomic mass is 16.5. The maximum atomic E-state index is 12.1. The van der Waals surface area contributed by atoms with Crippen LogP contribution in [0.25, 0.3) is 11.1 Å². The molecule has 32 heavy (non-hydrogen) atoms. The molecule has 0 aromatic heterocycles. The summed E-state index contributed by atoms with van der Waals surface area (Å²) in [6, 6.07) is 18.3. The third kappa shape index (κ3) is 5.33. The minimum Gasteiger partial charge on any atom is -0.494 e. The van der Waals surface area contributed by atoms with Crippen molar-refractivity contribution in [3.8, 4) is 22.9 Å². The number of aliphatic carboxylic acids is 1. The quantitative estimate of drug-likeness (QED) is 0.402. The molecule has 0 spiro atoms. The molecule has 3 rings (SSSR count). The van der Waals surface area contributed by atoms with Gasteiger partial charge in [-0.15, -0.1) is 0 Å². The van der Waals surface area contributed by atoms with Gasteiger partial charge in [0.2, 0.25) is 0 Å². The van der Waals surface area contributed by atoms with Gasteiger partial charge in [-0.2, -0.15) is 5.26 Å². The molecule has 3 unspecified atom stereocenters. The Morgan fingerprint density at radius 2 is 1.69 bits per heavy atom. The van der Waals surface area contributed by atoms with Crippen LogP contribution in [-0.4, -0.2) is 17.7 Å². The molecular weight excluding hydrogens is 398 g/mol. The predicted octanol–water partition coefficient (Wildman–Crippen LogP) is 7.20. The average molecular weight is 434 g/mol. The summed E-state index contributed by atoms with van der Waals surface area (Å²) in [5, 5.41) is 19.7. The Morgan fingerprint density at radius 3 is 2.28 bits per heavy atom. The minimum atomic E-state index is -1.34. The van der Waals surface area contributed by atoms with E-state index >= 15 is 0 Å². The van der Waals surface area contributed by atoms with Crippen molar-refractivity contribution in [1.29, 1.82) is 5.26 Å². The van der Waals surface area contributed by atoms with Crippen LogP contribution in [0.2, 0.25) is 0 Å². The van der Waals surface area contributed by atoms with Gasteiger partial charge < -0.3 is 9.84 Å². The first kappa shape index (κ1) is 23.9. The van der Waals surface area contributed by atoms with Gasteiger partial charge in [-0.1, -0.05) is 82.3 Å². The van der Waals surface area contributed by atoms with Crippen LogP contribution in [0.4, 0.5) is 0 Å². The highest BCUT2D eigenvalue weighted by Crippen LogP contribution is 2.50. The predicted molar refractivity (Wildman–Crippen MR) is 128 cm³/mol. The van der Waals surface area contributed by atoms with E-state index < -0.39 is 11.4 Å². The fourth-order valence-electron chi connectivity index (χ4n) is 5.06. The van der Waals surface area contributed by atoms with Crippen LogP contribution in [0.3, 0.4) is 0 Å². The van der Waals surface area contributed by atoms with Crippen LogP contribution in [0.1, 0.15) is 76.7 Å². The van der Waals surface area contributed by atoms with Crippen molar-refractivity contribution in [2.45, 2.75) is 71.1 Å². The summed E-state index contributed by atoms with van der Waals surface area (Å²) in [6.07, 6.45) is 8.26. The summed E-state index contributed by atoms with van der Waals surface area (Å²) in [6.45, 7) is 5.04. The number of carboxylic acid groups (broad SMARTS) is 1. The number of hydrogen-bond donors (Lipinski definition) is 1. The van der Waals surface area contributed by atoms with Crippen molar-refractivity contribution < 1.29 is 14.6 Å². The van der Waals surface area contributed by atoms with Gasteiger partial charge >= 0.3 is 5.97 Å². The van der Waals surface area contributed by atoms with Gasteiger partial charge in [-0.25, -0.2) is 0 Å². The number of ether oxygens (including phenoxy) is 1. The molecule has 170 valence electrons. The number of nitrogens with zero attached hydrogens (tertiary/aromatic N) is 1. The van der Waals surface area contributed by atoms with Crippen molar-refractivity contribution in [2.24, 2.45) is 11.3 Å². The summed E-state index contributed by atoms with van der Waals surface area (Å²) in [4.78, 5) is 12.1. The number of carboxylic acids is 1. The van der Waals surface area contributed by atoms with Crippen LogP contribution < -0.4 is 4.74 Å². The van der Waals surface area contributed by atoms with E-state index in [1.54, 1.807) is 0 Å². The molecule has 1 aliphatic carbocycles. The summed E-state index contributed by atoms with van der Waals surface area (Å²) in [5.41, 5.74) is 1.76. The monoisotopic (exact) mass is 433 g/mol. The zero-order valence-corrected chi connectivity index (χ0v) is 19.3. The minimum absolute atomic E-state index is 0.156. The smallest absolute Gasteiger partial charge is 0.324 e. The van der Waals surface area contributed by atoms with E-state index in [2.05, 4.69) is 32.0 Å². The fourth-order valence-corrected chi connectivity index (χ4v) is 5.06. The van der Waals surface area contributed by atoms with Gasteiger partial charge in [0.1, 0.15) is 5.75 Å². The average Bonchev–Trinajstić information content (AvgIpc) is 2.81. The Balaban J connectivity index is 1.67. The van der Waals surface area contributed by atoms with E-state index in [0.29, 0.717) is 6.42 Å². The third-order valence-corrected chi connectivity index (χ3v) is 6.89. The molecule has 0 radical (unpaired) electrons. The fraction of sp³-hybridized carbons (Fsp3) is 0.500. The van der Waals surface area contributed by atoms with E-state index in [-0.39, 0.29) is 11.8 Å². The number of hydrogen-bond acceptors (Lipinski definition) is 3. The molecule has 4 heteroatoms. The van der Waals surface area contributed by atoms with Crippen molar-refractivity contribution in [1.82, 2.24) is 0 Å². The first-order valence-electron chi connectivity index (χ1n) is 12.0. The van der Waals surface area contributed by atoms with Gasteiger partial charge in [0, 0.05) is 5.92 Å². The molecule has 4 nitrogen and oxygen atoms in total. The molecule has 1 aliphatic rings. The van der Waals surface area contributed by atoms with Gasteiger partial charge in [0.25, 0.3) is 0 Å². The summed E-state index contributed by atoms with van der Waals surface area (Å²) in [5.74, 6) is -0.247. The largest absolute Gasteiger partial charge is 0.494 e. The molecule has 0 amide bonds. The zero-order valence-electron chi connectivity index (χ0n) is 19.3. The van der Waals surface area contributed by atoms with E-state index in [1.165, 1.54) is 25.7 Å². The van der Waals surface area contributed by atoms with Crippen LogP contribution in [-0.2, 0) is 4.79 Å². The van der Waals surface area contributed by atoms with Crippen LogP contribution in [0, 0.1) is 22.7 Å². The zero-order chi connectivity index (χ0) is 23.0. The lowest BCUT2D eigenvalue weighted by Gasteiger charge is -2.40. The van der Waals surface area contributed by atoms with Gasteiger partial charge in [0.05, 0.1) is 12.7 Å². The highest BCUT2D eigenvalue weighted by Gasteiger charge is 2.51. The Kier molecular flexibility index (Phi) is 8.33. The number of carbonyl (C=O) groups is 1. The highest BCUT2D eigenvalue weighted by molar-refractivity contribution is 5.80. The molecule has 1 saturated carbocycles. The normalized spacial score (nSPS) is 22.8. The molecule has 0 aliphatic heterocycles. The van der Waals surface area contributed by atoms with E-state index in [9.17, 15) is 15.2 Å². The molecule has 1 fully saturated rings. The molecule has 2 aromatic rings. The summed E-state index contributed by atoms with van der Waals surface area (Å²) >= 11 is 0. The maximum Gasteiger partial charge on any atom is 0.324 e. The Hall–Kier alpha value is -2.80. The van der Waals surface area contributed by atoms with Gasteiger partial charge in [-0.3, -0.25) is 4.79 Å². The van der Waals surface area contributed by atoms with Crippen LogP contribution >= 0.6 is 0 Å². The molecule has 2 aromatic carbocycles. The molecule has 0 saturated heterocycles. The van der Waals surface area contributed by atoms with Crippen LogP contribution in [0.5, 0.6) is 5.75 Å². The lowest BCUT2D eigenvalue weighted by Crippen LogP contribution is -2.42. The van der Waals surface area contributed by atoms with Crippen molar-refractivity contribution in [2.75, 3.05) is 6.61 Å². The van der Waals surface area contributed by atoms with Gasteiger partial charge in [-0.05, 0) is 54.0 Å². The second-order valence-electron chi connectivity index (χ2n) is 9.14. The topological polar surface area (TPSA) is 70.3 Å². The Morgan fingerprint density at radius 1 is 1.06 bits per heavy atom. The lowest BCUT2D eigenvalue weighted by atomic mass is 9.60. The number of unbranched alkanes of at least 4 members (excludes halogenated alkanes) is 4. The van der Waals surface area contributed by atoms with E-state index in [1.807, 2.05) is 36.4 Å². The van der Waals surface area contributed by atoms with Crippen molar-refractivity contribution in [3.05, 3.63) is 54.1 Å². The van der Waals surface area contributed by atoms with Gasteiger partial charge in [0.15, 0.2) is 5.41 Å². The number of benzene rings is 2. The summed E-state index contributed by atoms with van der Waals surface area (Å²) in [7, 11) is 0. The number of nitriles is 1. The first-order chi connectivity index (χ1) is 15.5. The Bertz CT molecular complexity index is 913. The molecule has 3 atom stereocenters. The second-order valence-corrected chi connectivity index (χ2v) is 9.14. The lowest BCUT2D eigenvalue weighted by molar-refractivity contribution is -0.149. The third-order valence-electron chi connectivity index (χ3n) is 6.89. The second kappa shape index (κ2) is 11.2. The van der Waals surface area contributed by atoms with Crippen molar-refractivity contribution in [3.63, 3.8) is 0 Å². The Labute approximate surface area is 192 Å². The maximum absolute atomic E-state index is 12.1. The van der Waals surface area contributed by atoms with E-state index in [4.69, 9.17) is 4.74 Å². The molecule has 0 bridgehead atoms. The standard InChI is InChI=1S/C28H35NO3/c1-3-4-5-6-7-19-32-25-16-14-23(15-17-25)22-10-12-24(13-11-22)26-21(2)9-8-18-28(26,20-29)27(30)31/h10-17,21,26H,3-9,18-19H2,1-2H3,(H,30,31). The van der Waals surface area contributed by atoms with E-state index in [0.717, 1.165) is 48.3 Å². The first-order valence-corrected chi connectivity index (χ1v) is 12.0. The summed E-state index contributed by atoms with van der Waals surface area (Å²) < 4.78 is 5.86. The number of rotatable bonds is 10. The molecule has 1 N–H and O–H groups in total. The van der Waals surface area contributed by atoms with Crippen LogP contribution in [0.15, 0.2) is 48.5 Å². The molecule has 0 heterocycles. The van der Waals surface area contributed by atoms with Crippen molar-refractivity contribution >= 4 is 5.97 Å².